The van der Waals surface area contributed by atoms with Gasteiger partial charge in [-0.1, -0.05) is 26.0 Å². The van der Waals surface area contributed by atoms with E-state index in [1.165, 1.54) is 0 Å². The number of benzene rings is 1. The molecule has 1 amide bonds. The van der Waals surface area contributed by atoms with Crippen molar-refractivity contribution in [2.24, 2.45) is 0 Å². The number of nitrogens with one attached hydrogen (secondary N) is 1. The van der Waals surface area contributed by atoms with E-state index in [2.05, 4.69) is 19.2 Å². The molecule has 138 valence electrons. The van der Waals surface area contributed by atoms with E-state index >= 15 is 0 Å². The van der Waals surface area contributed by atoms with Gasteiger partial charge in [0.25, 0.3) is 5.91 Å². The van der Waals surface area contributed by atoms with Crippen LogP contribution in [0.4, 0.5) is 0 Å². The number of rotatable bonds is 7. The second-order valence-corrected chi connectivity index (χ2v) is 7.53. The summed E-state index contributed by atoms with van der Waals surface area (Å²) in [5, 5.41) is 2.96. The highest BCUT2D eigenvalue weighted by Crippen LogP contribution is 2.36. The predicted octanol–water partition coefficient (Wildman–Crippen LogP) is 2.67. The molecule has 25 heavy (non-hydrogen) atoms. The second-order valence-electron chi connectivity index (χ2n) is 7.53. The van der Waals surface area contributed by atoms with Crippen molar-refractivity contribution in [1.82, 2.24) is 5.32 Å². The standard InChI is InChI=1S/C19H30BNO4/c1-7-15(8-2)21-17(22)13-23-16-11-9-10-14(12-16)20-24-18(3,4)19(5,6)25-20/h9-12,15H,7-8,13H2,1-6H3,(H,21,22). The summed E-state index contributed by atoms with van der Waals surface area (Å²) in [6, 6.07) is 7.73. The fraction of sp³-hybridized carbons (Fsp3) is 0.632. The summed E-state index contributed by atoms with van der Waals surface area (Å²) in [5.74, 6) is 0.529. The Morgan fingerprint density at radius 2 is 1.76 bits per heavy atom. The zero-order chi connectivity index (χ0) is 18.7. The molecule has 0 saturated carbocycles. The molecular weight excluding hydrogens is 317 g/mol. The van der Waals surface area contributed by atoms with Crippen molar-refractivity contribution in [2.45, 2.75) is 71.6 Å². The Hall–Kier alpha value is -1.53. The minimum Gasteiger partial charge on any atom is -0.484 e. The summed E-state index contributed by atoms with van der Waals surface area (Å²) in [6.45, 7) is 12.2. The van der Waals surface area contributed by atoms with E-state index in [9.17, 15) is 4.79 Å². The van der Waals surface area contributed by atoms with Crippen molar-refractivity contribution in [3.8, 4) is 5.75 Å². The molecule has 5 nitrogen and oxygen atoms in total. The lowest BCUT2D eigenvalue weighted by Gasteiger charge is -2.32. The largest absolute Gasteiger partial charge is 0.494 e. The first-order chi connectivity index (χ1) is 11.7. The topological polar surface area (TPSA) is 56.8 Å². The number of hydrogen-bond donors (Lipinski definition) is 1. The van der Waals surface area contributed by atoms with Crippen LogP contribution in [-0.4, -0.2) is 36.9 Å². The van der Waals surface area contributed by atoms with E-state index in [1.54, 1.807) is 0 Å². The van der Waals surface area contributed by atoms with Gasteiger partial charge in [-0.3, -0.25) is 4.79 Å². The van der Waals surface area contributed by atoms with Crippen LogP contribution in [0.2, 0.25) is 0 Å². The molecule has 1 heterocycles. The summed E-state index contributed by atoms with van der Waals surface area (Å²) in [6.07, 6.45) is 1.83. The Bertz CT molecular complexity index is 583. The molecule has 1 fully saturated rings. The van der Waals surface area contributed by atoms with Crippen LogP contribution in [-0.2, 0) is 14.1 Å². The highest BCUT2D eigenvalue weighted by atomic mass is 16.7. The third-order valence-electron chi connectivity index (χ3n) is 5.10. The predicted molar refractivity (Wildman–Crippen MR) is 100 cm³/mol. The normalized spacial score (nSPS) is 18.4. The molecule has 1 aromatic rings. The number of amides is 1. The van der Waals surface area contributed by atoms with E-state index in [0.29, 0.717) is 5.75 Å². The molecule has 1 N–H and O–H groups in total. The van der Waals surface area contributed by atoms with Crippen molar-refractivity contribution in [1.29, 1.82) is 0 Å². The highest BCUT2D eigenvalue weighted by Gasteiger charge is 2.51. The highest BCUT2D eigenvalue weighted by molar-refractivity contribution is 6.62. The van der Waals surface area contributed by atoms with Gasteiger partial charge in [-0.2, -0.15) is 0 Å². The molecule has 1 aromatic carbocycles. The molecular formula is C19H30BNO4. The SMILES string of the molecule is CCC(CC)NC(=O)COc1cccc(B2OC(C)(C)C(C)(C)O2)c1. The molecule has 0 spiro atoms. The van der Waals surface area contributed by atoms with Gasteiger partial charge in [-0.05, 0) is 58.1 Å². The first-order valence-corrected chi connectivity index (χ1v) is 9.06. The maximum atomic E-state index is 12.0. The Labute approximate surface area is 151 Å². The van der Waals surface area contributed by atoms with Gasteiger partial charge in [-0.15, -0.1) is 0 Å². The second kappa shape index (κ2) is 7.79. The van der Waals surface area contributed by atoms with Gasteiger partial charge in [0.05, 0.1) is 11.2 Å². The fourth-order valence-corrected chi connectivity index (χ4v) is 2.64. The van der Waals surface area contributed by atoms with Gasteiger partial charge in [0, 0.05) is 6.04 Å². The number of ether oxygens (including phenoxy) is 1. The van der Waals surface area contributed by atoms with Gasteiger partial charge in [-0.25, -0.2) is 0 Å². The van der Waals surface area contributed by atoms with Crippen molar-refractivity contribution in [3.63, 3.8) is 0 Å². The molecule has 0 bridgehead atoms. The van der Waals surface area contributed by atoms with Crippen LogP contribution in [0.5, 0.6) is 5.75 Å². The van der Waals surface area contributed by atoms with Crippen LogP contribution in [0.25, 0.3) is 0 Å². The van der Waals surface area contributed by atoms with Gasteiger partial charge >= 0.3 is 7.12 Å². The smallest absolute Gasteiger partial charge is 0.484 e. The van der Waals surface area contributed by atoms with E-state index in [4.69, 9.17) is 14.0 Å². The number of hydrogen-bond acceptors (Lipinski definition) is 4. The average Bonchev–Trinajstić information content (AvgIpc) is 2.79. The molecule has 0 radical (unpaired) electrons. The summed E-state index contributed by atoms with van der Waals surface area (Å²) >= 11 is 0. The van der Waals surface area contributed by atoms with Crippen molar-refractivity contribution in [3.05, 3.63) is 24.3 Å². The average molecular weight is 347 g/mol. The van der Waals surface area contributed by atoms with Crippen molar-refractivity contribution in [2.75, 3.05) is 6.61 Å². The van der Waals surface area contributed by atoms with Crippen LogP contribution in [0.1, 0.15) is 54.4 Å². The lowest BCUT2D eigenvalue weighted by molar-refractivity contribution is -0.123. The molecule has 2 rings (SSSR count). The zero-order valence-corrected chi connectivity index (χ0v) is 16.2. The Morgan fingerprint density at radius 1 is 1.16 bits per heavy atom. The van der Waals surface area contributed by atoms with Crippen LogP contribution >= 0.6 is 0 Å². The molecule has 1 aliphatic heterocycles. The lowest BCUT2D eigenvalue weighted by Crippen LogP contribution is -2.41. The zero-order valence-electron chi connectivity index (χ0n) is 16.2. The molecule has 0 aliphatic carbocycles. The summed E-state index contributed by atoms with van der Waals surface area (Å²) in [5.41, 5.74) is 0.115. The molecule has 1 saturated heterocycles. The Balaban J connectivity index is 1.97. The fourth-order valence-electron chi connectivity index (χ4n) is 2.64. The van der Waals surface area contributed by atoms with Gasteiger partial charge in [0.1, 0.15) is 5.75 Å². The van der Waals surface area contributed by atoms with E-state index < -0.39 is 7.12 Å². The Kier molecular flexibility index (Phi) is 6.17. The van der Waals surface area contributed by atoms with Gasteiger partial charge in [0.2, 0.25) is 0 Å². The van der Waals surface area contributed by atoms with E-state index in [-0.39, 0.29) is 29.8 Å². The molecule has 0 aromatic heterocycles. The summed E-state index contributed by atoms with van der Waals surface area (Å²) in [4.78, 5) is 12.0. The van der Waals surface area contributed by atoms with Crippen LogP contribution in [0.3, 0.4) is 0 Å². The van der Waals surface area contributed by atoms with Crippen molar-refractivity contribution < 1.29 is 18.8 Å². The van der Waals surface area contributed by atoms with Crippen LogP contribution in [0.15, 0.2) is 24.3 Å². The third kappa shape index (κ3) is 4.76. The van der Waals surface area contributed by atoms with E-state index in [0.717, 1.165) is 18.3 Å². The molecule has 1 aliphatic rings. The third-order valence-corrected chi connectivity index (χ3v) is 5.10. The number of carbonyl (C=O) groups excluding carboxylic acids is 1. The van der Waals surface area contributed by atoms with Crippen molar-refractivity contribution >= 4 is 18.5 Å². The summed E-state index contributed by atoms with van der Waals surface area (Å²) < 4.78 is 17.7. The molecule has 6 heteroatoms. The minimum atomic E-state index is -0.438. The lowest BCUT2D eigenvalue weighted by atomic mass is 9.79. The maximum Gasteiger partial charge on any atom is 0.494 e. The van der Waals surface area contributed by atoms with Gasteiger partial charge < -0.3 is 19.4 Å². The summed E-state index contributed by atoms with van der Waals surface area (Å²) in [7, 11) is -0.438. The first kappa shape index (κ1) is 19.8. The van der Waals surface area contributed by atoms with Crippen LogP contribution in [0, 0.1) is 0 Å². The molecule has 0 unspecified atom stereocenters. The molecule has 0 atom stereocenters. The van der Waals surface area contributed by atoms with E-state index in [1.807, 2.05) is 52.0 Å². The van der Waals surface area contributed by atoms with Crippen LogP contribution < -0.4 is 15.5 Å². The Morgan fingerprint density at radius 3 is 2.32 bits per heavy atom. The quantitative estimate of drug-likeness (QED) is 0.771. The minimum absolute atomic E-state index is 0.00329. The first-order valence-electron chi connectivity index (χ1n) is 9.06. The number of carbonyl (C=O) groups is 1. The monoisotopic (exact) mass is 347 g/mol. The van der Waals surface area contributed by atoms with Gasteiger partial charge in [0.15, 0.2) is 6.61 Å². The maximum absolute atomic E-state index is 12.0.